The number of benzene rings is 2. The Morgan fingerprint density at radius 1 is 0.889 bits per heavy atom. The lowest BCUT2D eigenvalue weighted by Gasteiger charge is -2.30. The molecule has 1 heterocycles. The van der Waals surface area contributed by atoms with Gasteiger partial charge < -0.3 is 9.64 Å². The maximum Gasteiger partial charge on any atom is 0.254 e. The van der Waals surface area contributed by atoms with E-state index in [0.717, 1.165) is 22.0 Å². The third-order valence-corrected chi connectivity index (χ3v) is 4.69. The van der Waals surface area contributed by atoms with Crippen molar-refractivity contribution in [3.63, 3.8) is 0 Å². The second kappa shape index (κ2) is 7.78. The minimum atomic E-state index is 0.0707. The quantitative estimate of drug-likeness (QED) is 0.629. The summed E-state index contributed by atoms with van der Waals surface area (Å²) in [6, 6.07) is 18.2. The van der Waals surface area contributed by atoms with E-state index in [-0.39, 0.29) is 18.0 Å². The Hall–Kier alpha value is -2.88. The van der Waals surface area contributed by atoms with Gasteiger partial charge in [-0.05, 0) is 69.2 Å². The second-order valence-corrected chi connectivity index (χ2v) is 7.24. The van der Waals surface area contributed by atoms with E-state index in [1.807, 2.05) is 81.1 Å². The highest BCUT2D eigenvalue weighted by molar-refractivity contribution is 5.95. The van der Waals surface area contributed by atoms with Crippen LogP contribution in [0.25, 0.3) is 22.0 Å². The molecule has 0 unspecified atom stereocenters. The van der Waals surface area contributed by atoms with Gasteiger partial charge in [-0.25, -0.2) is 4.98 Å². The molecule has 1 aromatic heterocycles. The van der Waals surface area contributed by atoms with Crippen molar-refractivity contribution in [3.8, 4) is 17.0 Å². The summed E-state index contributed by atoms with van der Waals surface area (Å²) >= 11 is 0. The molecule has 0 aliphatic rings. The molecule has 3 rings (SSSR count). The van der Waals surface area contributed by atoms with Crippen LogP contribution in [0.15, 0.2) is 54.6 Å². The van der Waals surface area contributed by atoms with Crippen LogP contribution in [0.3, 0.4) is 0 Å². The topological polar surface area (TPSA) is 42.4 Å². The van der Waals surface area contributed by atoms with Crippen LogP contribution >= 0.6 is 0 Å². The zero-order valence-electron chi connectivity index (χ0n) is 16.6. The molecule has 0 aliphatic heterocycles. The number of pyridine rings is 1. The number of nitrogens with zero attached hydrogens (tertiary/aromatic N) is 2. The molecule has 0 radical (unpaired) electrons. The van der Waals surface area contributed by atoms with Gasteiger partial charge in [0.2, 0.25) is 5.88 Å². The SMILES string of the molecule is COc1ccc2cc(-c3ccc(C(=O)N(C(C)C)C(C)C)cc3)ccc2n1. The number of methoxy groups -OCH3 is 1. The average Bonchev–Trinajstić information content (AvgIpc) is 2.66. The molecule has 1 amide bonds. The number of fused-ring (bicyclic) bond motifs is 1. The Kier molecular flexibility index (Phi) is 5.45. The van der Waals surface area contributed by atoms with Gasteiger partial charge in [-0.3, -0.25) is 4.79 Å². The van der Waals surface area contributed by atoms with Crippen molar-refractivity contribution in [3.05, 3.63) is 60.2 Å². The average molecular weight is 362 g/mol. The van der Waals surface area contributed by atoms with Crippen molar-refractivity contribution in [2.45, 2.75) is 39.8 Å². The summed E-state index contributed by atoms with van der Waals surface area (Å²) in [5, 5.41) is 1.05. The molecular formula is C23H26N2O2. The fourth-order valence-corrected chi connectivity index (χ4v) is 3.42. The van der Waals surface area contributed by atoms with Crippen LogP contribution in [0.4, 0.5) is 0 Å². The van der Waals surface area contributed by atoms with Crippen molar-refractivity contribution >= 4 is 16.8 Å². The standard InChI is InChI=1S/C23H26N2O2/c1-15(2)25(16(3)4)23(26)18-8-6-17(7-9-18)19-10-12-21-20(14-19)11-13-22(24-21)27-5/h6-16H,1-5H3. The minimum Gasteiger partial charge on any atom is -0.481 e. The molecule has 0 saturated carbocycles. The summed E-state index contributed by atoms with van der Waals surface area (Å²) in [4.78, 5) is 19.2. The van der Waals surface area contributed by atoms with Gasteiger partial charge in [0, 0.05) is 29.1 Å². The predicted molar refractivity (Wildman–Crippen MR) is 110 cm³/mol. The lowest BCUT2D eigenvalue weighted by atomic mass is 10.0. The van der Waals surface area contributed by atoms with Crippen LogP contribution < -0.4 is 4.74 Å². The molecule has 0 N–H and O–H groups in total. The number of carbonyl (C=O) groups excluding carboxylic acids is 1. The lowest BCUT2D eigenvalue weighted by Crippen LogP contribution is -2.42. The molecule has 0 aliphatic carbocycles. The van der Waals surface area contributed by atoms with Crippen molar-refractivity contribution in [2.24, 2.45) is 0 Å². The first kappa shape index (κ1) is 18.9. The summed E-state index contributed by atoms with van der Waals surface area (Å²) in [7, 11) is 1.62. The smallest absolute Gasteiger partial charge is 0.254 e. The van der Waals surface area contributed by atoms with Crippen LogP contribution in [-0.2, 0) is 0 Å². The number of hydrogen-bond donors (Lipinski definition) is 0. The number of rotatable bonds is 5. The Labute approximate surface area is 160 Å². The van der Waals surface area contributed by atoms with E-state index in [1.54, 1.807) is 7.11 Å². The van der Waals surface area contributed by atoms with E-state index in [2.05, 4.69) is 11.1 Å². The highest BCUT2D eigenvalue weighted by Gasteiger charge is 2.21. The second-order valence-electron chi connectivity index (χ2n) is 7.24. The molecule has 0 saturated heterocycles. The van der Waals surface area contributed by atoms with Crippen molar-refractivity contribution in [2.75, 3.05) is 7.11 Å². The Balaban J connectivity index is 1.89. The first-order valence-electron chi connectivity index (χ1n) is 9.28. The molecule has 2 aromatic carbocycles. The molecule has 0 atom stereocenters. The van der Waals surface area contributed by atoms with E-state index in [9.17, 15) is 4.79 Å². The number of carbonyl (C=O) groups is 1. The maximum absolute atomic E-state index is 12.8. The predicted octanol–water partition coefficient (Wildman–Crippen LogP) is 5.17. The number of ether oxygens (including phenoxy) is 1. The first-order valence-corrected chi connectivity index (χ1v) is 9.28. The number of aromatic nitrogens is 1. The van der Waals surface area contributed by atoms with Gasteiger partial charge in [-0.15, -0.1) is 0 Å². The summed E-state index contributed by atoms with van der Waals surface area (Å²) in [5.74, 6) is 0.680. The molecule has 140 valence electrons. The van der Waals surface area contributed by atoms with E-state index in [1.165, 1.54) is 0 Å². The molecule has 3 aromatic rings. The van der Waals surface area contributed by atoms with Gasteiger partial charge in [-0.2, -0.15) is 0 Å². The zero-order chi connectivity index (χ0) is 19.6. The van der Waals surface area contributed by atoms with Crippen molar-refractivity contribution < 1.29 is 9.53 Å². The van der Waals surface area contributed by atoms with Gasteiger partial charge in [0.15, 0.2) is 0 Å². The summed E-state index contributed by atoms with van der Waals surface area (Å²) in [6.45, 7) is 8.18. The number of hydrogen-bond acceptors (Lipinski definition) is 3. The van der Waals surface area contributed by atoms with Crippen molar-refractivity contribution in [1.29, 1.82) is 0 Å². The summed E-state index contributed by atoms with van der Waals surface area (Å²) < 4.78 is 5.18. The first-order chi connectivity index (χ1) is 12.9. The summed E-state index contributed by atoms with van der Waals surface area (Å²) in [6.07, 6.45) is 0. The molecule has 0 spiro atoms. The molecule has 0 fully saturated rings. The summed E-state index contributed by atoms with van der Waals surface area (Å²) in [5.41, 5.74) is 3.78. The molecular weight excluding hydrogens is 336 g/mol. The van der Waals surface area contributed by atoms with Gasteiger partial charge in [0.25, 0.3) is 5.91 Å². The third-order valence-electron chi connectivity index (χ3n) is 4.69. The maximum atomic E-state index is 12.8. The van der Waals surface area contributed by atoms with Crippen LogP contribution in [-0.4, -0.2) is 35.0 Å². The van der Waals surface area contributed by atoms with Crippen LogP contribution in [0, 0.1) is 0 Å². The highest BCUT2D eigenvalue weighted by atomic mass is 16.5. The van der Waals surface area contributed by atoms with Crippen molar-refractivity contribution in [1.82, 2.24) is 9.88 Å². The molecule has 0 bridgehead atoms. The van der Waals surface area contributed by atoms with Gasteiger partial charge in [-0.1, -0.05) is 18.2 Å². The normalized spacial score (nSPS) is 11.2. The van der Waals surface area contributed by atoms with E-state index < -0.39 is 0 Å². The van der Waals surface area contributed by atoms with E-state index in [4.69, 9.17) is 4.74 Å². The zero-order valence-corrected chi connectivity index (χ0v) is 16.6. The van der Waals surface area contributed by atoms with Crippen LogP contribution in [0.2, 0.25) is 0 Å². The van der Waals surface area contributed by atoms with E-state index >= 15 is 0 Å². The number of amides is 1. The van der Waals surface area contributed by atoms with Crippen LogP contribution in [0.5, 0.6) is 5.88 Å². The molecule has 27 heavy (non-hydrogen) atoms. The Morgan fingerprint density at radius 2 is 1.52 bits per heavy atom. The van der Waals surface area contributed by atoms with Gasteiger partial charge >= 0.3 is 0 Å². The monoisotopic (exact) mass is 362 g/mol. The Morgan fingerprint density at radius 3 is 2.11 bits per heavy atom. The Bertz CT molecular complexity index is 938. The fraction of sp³-hybridized carbons (Fsp3) is 0.304. The minimum absolute atomic E-state index is 0.0707. The van der Waals surface area contributed by atoms with Gasteiger partial charge in [0.1, 0.15) is 0 Å². The molecule has 4 nitrogen and oxygen atoms in total. The van der Waals surface area contributed by atoms with E-state index in [0.29, 0.717) is 11.4 Å². The third kappa shape index (κ3) is 3.95. The van der Waals surface area contributed by atoms with Crippen LogP contribution in [0.1, 0.15) is 38.1 Å². The fourth-order valence-electron chi connectivity index (χ4n) is 3.42. The van der Waals surface area contributed by atoms with Gasteiger partial charge in [0.05, 0.1) is 12.6 Å². The lowest BCUT2D eigenvalue weighted by molar-refractivity contribution is 0.0644. The molecule has 4 heteroatoms. The highest BCUT2D eigenvalue weighted by Crippen LogP contribution is 2.26. The largest absolute Gasteiger partial charge is 0.481 e.